The Morgan fingerprint density at radius 2 is 1.92 bits per heavy atom. The zero-order valence-corrected chi connectivity index (χ0v) is 17.3. The lowest BCUT2D eigenvalue weighted by molar-refractivity contribution is -0.137. The van der Waals surface area contributed by atoms with Crippen LogP contribution < -0.4 is 5.32 Å². The van der Waals surface area contributed by atoms with Crippen molar-refractivity contribution in [1.82, 2.24) is 4.31 Å². The molecule has 0 aliphatic carbocycles. The second-order valence-corrected chi connectivity index (χ2v) is 8.58. The van der Waals surface area contributed by atoms with Crippen molar-refractivity contribution in [3.63, 3.8) is 0 Å². The van der Waals surface area contributed by atoms with Crippen molar-refractivity contribution < 1.29 is 22.7 Å². The number of carbonyl (C=O) groups excluding carboxylic acids is 2. The minimum atomic E-state index is -3.73. The normalized spacial score (nSPS) is 11.4. The number of amides is 1. The topological polar surface area (TPSA) is 92.8 Å². The van der Waals surface area contributed by atoms with Crippen LogP contribution in [0.15, 0.2) is 23.1 Å². The van der Waals surface area contributed by atoms with Gasteiger partial charge in [0.1, 0.15) is 4.90 Å². The van der Waals surface area contributed by atoms with Gasteiger partial charge in [-0.25, -0.2) is 8.42 Å². The molecule has 0 aromatic heterocycles. The van der Waals surface area contributed by atoms with Crippen molar-refractivity contribution in [1.29, 1.82) is 0 Å². The number of sulfonamides is 1. The van der Waals surface area contributed by atoms with Gasteiger partial charge in [0, 0.05) is 31.0 Å². The van der Waals surface area contributed by atoms with Crippen LogP contribution in [0.4, 0.5) is 5.69 Å². The highest BCUT2D eigenvalue weighted by Gasteiger charge is 2.24. The molecule has 0 bridgehead atoms. The van der Waals surface area contributed by atoms with Crippen molar-refractivity contribution in [2.45, 2.75) is 25.2 Å². The van der Waals surface area contributed by atoms with E-state index in [1.165, 1.54) is 35.3 Å². The number of benzene rings is 1. The van der Waals surface area contributed by atoms with E-state index in [2.05, 4.69) is 10.1 Å². The van der Waals surface area contributed by atoms with E-state index >= 15 is 0 Å². The molecule has 1 amide bonds. The van der Waals surface area contributed by atoms with E-state index in [1.54, 1.807) is 19.9 Å². The third-order valence-corrected chi connectivity index (χ3v) is 6.92. The van der Waals surface area contributed by atoms with Gasteiger partial charge in [-0.1, -0.05) is 25.4 Å². The summed E-state index contributed by atoms with van der Waals surface area (Å²) in [6, 6.07) is 4.35. The average Bonchev–Trinajstić information content (AvgIpc) is 2.60. The van der Waals surface area contributed by atoms with Gasteiger partial charge in [0.25, 0.3) is 0 Å². The van der Waals surface area contributed by atoms with Gasteiger partial charge in [-0.2, -0.15) is 4.31 Å². The highest BCUT2D eigenvalue weighted by Crippen LogP contribution is 2.27. The predicted molar refractivity (Wildman–Crippen MR) is 104 cm³/mol. The van der Waals surface area contributed by atoms with Crippen LogP contribution >= 0.6 is 23.4 Å². The Balaban J connectivity index is 2.78. The van der Waals surface area contributed by atoms with Crippen molar-refractivity contribution in [3.8, 4) is 0 Å². The van der Waals surface area contributed by atoms with Gasteiger partial charge >= 0.3 is 5.97 Å². The second kappa shape index (κ2) is 10.8. The van der Waals surface area contributed by atoms with Crippen molar-refractivity contribution in [3.05, 3.63) is 23.2 Å². The molecule has 0 aliphatic heterocycles. The van der Waals surface area contributed by atoms with Crippen LogP contribution in [0.2, 0.25) is 5.02 Å². The van der Waals surface area contributed by atoms with Crippen LogP contribution in [0.3, 0.4) is 0 Å². The molecule has 1 aromatic rings. The lowest BCUT2D eigenvalue weighted by atomic mass is 10.3. The lowest BCUT2D eigenvalue weighted by Gasteiger charge is -2.19. The standard InChI is InChI=1S/C16H23ClN2O5S2/c1-4-19(5-2)26(22,23)14-10-12(6-7-13(14)17)18-15(20)8-9-25-11-16(21)24-3/h6-7,10H,4-5,8-9,11H2,1-3H3,(H,18,20). The van der Waals surface area contributed by atoms with Gasteiger partial charge in [-0.05, 0) is 18.2 Å². The number of rotatable bonds is 10. The van der Waals surface area contributed by atoms with Crippen LogP contribution in [-0.2, 0) is 24.3 Å². The van der Waals surface area contributed by atoms with Gasteiger partial charge < -0.3 is 10.1 Å². The quantitative estimate of drug-likeness (QED) is 0.460. The molecule has 0 radical (unpaired) electrons. The third-order valence-electron chi connectivity index (χ3n) is 3.46. The van der Waals surface area contributed by atoms with Crippen molar-refractivity contribution in [2.24, 2.45) is 0 Å². The fourth-order valence-corrected chi connectivity index (χ4v) is 4.80. The van der Waals surface area contributed by atoms with E-state index in [-0.39, 0.29) is 34.0 Å². The highest BCUT2D eigenvalue weighted by molar-refractivity contribution is 7.99. The summed E-state index contributed by atoms with van der Waals surface area (Å²) < 4.78 is 31.1. The van der Waals surface area contributed by atoms with E-state index in [0.717, 1.165) is 0 Å². The lowest BCUT2D eigenvalue weighted by Crippen LogP contribution is -2.30. The summed E-state index contributed by atoms with van der Waals surface area (Å²) in [6.07, 6.45) is 0.183. The molecule has 1 aromatic carbocycles. The summed E-state index contributed by atoms with van der Waals surface area (Å²) in [5.41, 5.74) is 0.350. The molecule has 0 atom stereocenters. The monoisotopic (exact) mass is 422 g/mol. The maximum Gasteiger partial charge on any atom is 0.315 e. The molecule has 1 rings (SSSR count). The molecular weight excluding hydrogens is 400 g/mol. The number of hydrogen-bond acceptors (Lipinski definition) is 6. The number of methoxy groups -OCH3 is 1. The third kappa shape index (κ3) is 6.46. The predicted octanol–water partition coefficient (Wildman–Crippen LogP) is 2.61. The summed E-state index contributed by atoms with van der Waals surface area (Å²) in [5.74, 6) is -0.00827. The SMILES string of the molecule is CCN(CC)S(=O)(=O)c1cc(NC(=O)CCSCC(=O)OC)ccc1Cl. The summed E-state index contributed by atoms with van der Waals surface area (Å²) >= 11 is 7.34. The molecule has 7 nitrogen and oxygen atoms in total. The number of nitrogens with zero attached hydrogens (tertiary/aromatic N) is 1. The maximum absolute atomic E-state index is 12.6. The minimum absolute atomic E-state index is 0.0410. The van der Waals surface area contributed by atoms with Crippen molar-refractivity contribution >= 4 is 50.9 Å². The fourth-order valence-electron chi connectivity index (χ4n) is 2.08. The number of carbonyl (C=O) groups is 2. The molecule has 0 heterocycles. The first-order chi connectivity index (χ1) is 12.3. The minimum Gasteiger partial charge on any atom is -0.468 e. The summed E-state index contributed by atoms with van der Waals surface area (Å²) in [5, 5.41) is 2.75. The zero-order chi connectivity index (χ0) is 19.7. The van der Waals surface area contributed by atoms with E-state index in [1.807, 2.05) is 0 Å². The van der Waals surface area contributed by atoms with E-state index in [0.29, 0.717) is 24.5 Å². The summed E-state index contributed by atoms with van der Waals surface area (Å²) in [7, 11) is -2.42. The summed E-state index contributed by atoms with van der Waals surface area (Å²) in [4.78, 5) is 22.9. The van der Waals surface area contributed by atoms with Gasteiger partial charge in [-0.15, -0.1) is 11.8 Å². The second-order valence-electron chi connectivity index (χ2n) is 5.16. The Hall–Kier alpha value is -1.29. The molecule has 1 N–H and O–H groups in total. The number of esters is 1. The maximum atomic E-state index is 12.6. The Morgan fingerprint density at radius 3 is 2.50 bits per heavy atom. The number of thioether (sulfide) groups is 1. The number of hydrogen-bond donors (Lipinski definition) is 1. The van der Waals surface area contributed by atoms with Crippen LogP contribution in [0.25, 0.3) is 0 Å². The number of anilines is 1. The molecule has 146 valence electrons. The Labute approximate surface area is 163 Å². The van der Waals surface area contributed by atoms with Gasteiger partial charge in [0.2, 0.25) is 15.9 Å². The molecule has 10 heteroatoms. The highest BCUT2D eigenvalue weighted by atomic mass is 35.5. The molecule has 26 heavy (non-hydrogen) atoms. The van der Waals surface area contributed by atoms with Crippen LogP contribution in [-0.4, -0.2) is 56.3 Å². The average molecular weight is 423 g/mol. The van der Waals surface area contributed by atoms with E-state index in [9.17, 15) is 18.0 Å². The molecule has 0 unspecified atom stereocenters. The van der Waals surface area contributed by atoms with Gasteiger partial charge in [-0.3, -0.25) is 9.59 Å². The smallest absolute Gasteiger partial charge is 0.315 e. The first kappa shape index (κ1) is 22.8. The van der Waals surface area contributed by atoms with Gasteiger partial charge in [0.15, 0.2) is 0 Å². The first-order valence-corrected chi connectivity index (χ1v) is 11.0. The van der Waals surface area contributed by atoms with E-state index < -0.39 is 10.0 Å². The molecule has 0 saturated carbocycles. The number of ether oxygens (including phenoxy) is 1. The van der Waals surface area contributed by atoms with Crippen LogP contribution in [0.5, 0.6) is 0 Å². The van der Waals surface area contributed by atoms with Crippen molar-refractivity contribution in [2.75, 3.05) is 37.0 Å². The van der Waals surface area contributed by atoms with E-state index in [4.69, 9.17) is 11.6 Å². The molecular formula is C16H23ClN2O5S2. The number of nitrogens with one attached hydrogen (secondary N) is 1. The fraction of sp³-hybridized carbons (Fsp3) is 0.500. The molecule has 0 spiro atoms. The summed E-state index contributed by atoms with van der Waals surface area (Å²) in [6.45, 7) is 4.13. The van der Waals surface area contributed by atoms with Crippen LogP contribution in [0, 0.1) is 0 Å². The number of halogens is 1. The van der Waals surface area contributed by atoms with Crippen LogP contribution in [0.1, 0.15) is 20.3 Å². The Morgan fingerprint density at radius 1 is 1.27 bits per heavy atom. The Bertz CT molecular complexity index is 736. The first-order valence-electron chi connectivity index (χ1n) is 8.00. The zero-order valence-electron chi connectivity index (χ0n) is 15.0. The van der Waals surface area contributed by atoms with Gasteiger partial charge in [0.05, 0.1) is 17.9 Å². The Kier molecular flexibility index (Phi) is 9.42. The largest absolute Gasteiger partial charge is 0.468 e. The molecule has 0 aliphatic rings. The molecule has 0 fully saturated rings. The molecule has 0 saturated heterocycles.